The van der Waals surface area contributed by atoms with Crippen molar-refractivity contribution >= 4 is 87.2 Å². The fourth-order valence-electron chi connectivity index (χ4n) is 16.0. The Hall–Kier alpha value is -13.3. The van der Waals surface area contributed by atoms with E-state index < -0.39 is 0 Å². The normalized spacial score (nSPS) is 11.8. The quantitative estimate of drug-likeness (QED) is 0.123. The molecule has 0 amide bonds. The molecule has 0 aliphatic carbocycles. The molecule has 20 rings (SSSR count). The predicted octanol–water partition coefficient (Wildman–Crippen LogP) is 25.7. The molecule has 0 aliphatic heterocycles. The summed E-state index contributed by atoms with van der Waals surface area (Å²) in [5.41, 5.74) is 30.5. The molecule has 16 aromatic carbocycles. The second-order valence-corrected chi connectivity index (χ2v) is 26.4. The van der Waals surface area contributed by atoms with Crippen LogP contribution in [0.15, 0.2) is 376 Å². The van der Waals surface area contributed by atoms with Crippen LogP contribution in [0.2, 0.25) is 0 Å². The van der Waals surface area contributed by atoms with Gasteiger partial charge in [-0.05, 0) is 217 Å². The number of hydrogen-bond acceptors (Lipinski definition) is 0. The Bertz CT molecular complexity index is 6620. The van der Waals surface area contributed by atoms with Gasteiger partial charge in [0.1, 0.15) is 0 Å². The molecule has 0 bridgehead atoms. The molecule has 20 aromatic rings. The van der Waals surface area contributed by atoms with Crippen molar-refractivity contribution in [3.8, 4) is 101 Å². The Kier molecular flexibility index (Phi) is 13.2. The summed E-state index contributed by atoms with van der Waals surface area (Å²) in [7, 11) is 0. The fraction of sp³-hybridized carbons (Fsp3) is 0. The number of aromatic nitrogens is 4. The standard InChI is InChI=1S/C96H62N4/c1-4-21-63(22-5-1)65-41-47-78(48-42-65)98-90-38-15-11-34-82(90)86-60-72(44-50-94(86)98)73-45-51-95-87(61-73)83-35-12-16-39-91(83)99(95)79-32-20-29-70(56-79)68-27-18-25-66(53-68)67-26-19-28-69(54-67)76-55-75(64-23-6-2-7-24-64)57-80(58-76)100-92-40-17-13-36-84(92)88-62-74(46-52-96(88)100)71-43-49-93-85(59-71)81-33-10-14-37-89(81)97(93)77-30-8-3-9-31-77/h1-62H. The van der Waals surface area contributed by atoms with Crippen molar-refractivity contribution in [3.63, 3.8) is 0 Å². The van der Waals surface area contributed by atoms with Crippen molar-refractivity contribution in [2.75, 3.05) is 0 Å². The van der Waals surface area contributed by atoms with E-state index in [0.717, 1.165) is 67.2 Å². The van der Waals surface area contributed by atoms with Crippen LogP contribution in [0.4, 0.5) is 0 Å². The van der Waals surface area contributed by atoms with Gasteiger partial charge in [0.25, 0.3) is 0 Å². The molecule has 4 aromatic heterocycles. The maximum atomic E-state index is 2.47. The summed E-state index contributed by atoms with van der Waals surface area (Å²) in [6.07, 6.45) is 0. The third-order valence-corrected chi connectivity index (χ3v) is 20.7. The highest BCUT2D eigenvalue weighted by atomic mass is 15.0. The van der Waals surface area contributed by atoms with Crippen molar-refractivity contribution in [1.29, 1.82) is 0 Å². The molecule has 0 aliphatic rings. The van der Waals surface area contributed by atoms with Gasteiger partial charge in [-0.1, -0.05) is 237 Å². The van der Waals surface area contributed by atoms with Crippen LogP contribution in [0.1, 0.15) is 0 Å². The molecule has 0 N–H and O–H groups in total. The smallest absolute Gasteiger partial charge is 0.0541 e. The summed E-state index contributed by atoms with van der Waals surface area (Å²) in [5.74, 6) is 0. The summed E-state index contributed by atoms with van der Waals surface area (Å²) in [4.78, 5) is 0. The topological polar surface area (TPSA) is 19.7 Å². The first-order chi connectivity index (χ1) is 49.6. The molecule has 0 unspecified atom stereocenters. The molecule has 0 radical (unpaired) electrons. The van der Waals surface area contributed by atoms with E-state index in [1.165, 1.54) is 121 Å². The molecule has 0 atom stereocenters. The van der Waals surface area contributed by atoms with Gasteiger partial charge in [0.15, 0.2) is 0 Å². The monoisotopic (exact) mass is 1270 g/mol. The van der Waals surface area contributed by atoms with E-state index in [2.05, 4.69) is 394 Å². The van der Waals surface area contributed by atoms with Gasteiger partial charge >= 0.3 is 0 Å². The first-order valence-electron chi connectivity index (χ1n) is 34.4. The van der Waals surface area contributed by atoms with Crippen molar-refractivity contribution in [2.24, 2.45) is 0 Å². The molecular formula is C96H62N4. The van der Waals surface area contributed by atoms with Gasteiger partial charge in [-0.15, -0.1) is 0 Å². The molecule has 0 fully saturated rings. The van der Waals surface area contributed by atoms with Crippen LogP contribution in [-0.2, 0) is 0 Å². The third-order valence-electron chi connectivity index (χ3n) is 20.7. The second-order valence-electron chi connectivity index (χ2n) is 26.4. The van der Waals surface area contributed by atoms with Gasteiger partial charge in [-0.3, -0.25) is 0 Å². The van der Waals surface area contributed by atoms with Gasteiger partial charge in [0.2, 0.25) is 0 Å². The van der Waals surface area contributed by atoms with Crippen LogP contribution in [-0.4, -0.2) is 18.3 Å². The van der Waals surface area contributed by atoms with E-state index >= 15 is 0 Å². The molecule has 4 nitrogen and oxygen atoms in total. The zero-order chi connectivity index (χ0) is 65.8. The Morgan fingerprint density at radius 2 is 0.340 bits per heavy atom. The van der Waals surface area contributed by atoms with Gasteiger partial charge in [-0.2, -0.15) is 0 Å². The molecule has 0 saturated heterocycles. The van der Waals surface area contributed by atoms with Crippen molar-refractivity contribution < 1.29 is 0 Å². The lowest BCUT2D eigenvalue weighted by atomic mass is 9.94. The van der Waals surface area contributed by atoms with E-state index in [-0.39, 0.29) is 0 Å². The number of rotatable bonds is 11. The molecule has 100 heavy (non-hydrogen) atoms. The van der Waals surface area contributed by atoms with Crippen molar-refractivity contribution in [1.82, 2.24) is 18.3 Å². The van der Waals surface area contributed by atoms with Gasteiger partial charge in [0, 0.05) is 65.8 Å². The lowest BCUT2D eigenvalue weighted by Crippen LogP contribution is -1.96. The highest BCUT2D eigenvalue weighted by Crippen LogP contribution is 2.44. The Balaban J connectivity index is 0.634. The first kappa shape index (κ1) is 57.0. The van der Waals surface area contributed by atoms with Crippen LogP contribution in [0, 0.1) is 0 Å². The van der Waals surface area contributed by atoms with Gasteiger partial charge in [-0.25, -0.2) is 0 Å². The second kappa shape index (κ2) is 23.2. The molecule has 0 saturated carbocycles. The summed E-state index contributed by atoms with van der Waals surface area (Å²) >= 11 is 0. The van der Waals surface area contributed by atoms with Gasteiger partial charge in [0.05, 0.1) is 44.1 Å². The minimum atomic E-state index is 1.11. The molecule has 466 valence electrons. The average Bonchev–Trinajstić information content (AvgIpc) is 1.59. The Morgan fingerprint density at radius 3 is 0.760 bits per heavy atom. The maximum absolute atomic E-state index is 2.47. The zero-order valence-electron chi connectivity index (χ0n) is 54.6. The molecule has 4 heterocycles. The SMILES string of the molecule is c1ccc(-c2ccc(-n3c4ccccc4c4cc(-c5ccc6c(c5)c5ccccc5n6-c5cccc(-c6cccc(-c7cccc(-c8cc(-c9ccccc9)cc(-n9c%10ccccc%10c%10cc(-c%11ccc%12c(c%11)c%11ccccc%11n%12-c%11ccccc%11)ccc%109)c8)c7)c6)c5)ccc43)cc2)cc1. The average molecular weight is 1270 g/mol. The van der Waals surface area contributed by atoms with E-state index in [1.807, 2.05) is 0 Å². The highest BCUT2D eigenvalue weighted by molar-refractivity contribution is 6.15. The van der Waals surface area contributed by atoms with Crippen LogP contribution < -0.4 is 0 Å². The minimum absolute atomic E-state index is 1.11. The first-order valence-corrected chi connectivity index (χ1v) is 34.4. The van der Waals surface area contributed by atoms with E-state index in [4.69, 9.17) is 0 Å². The van der Waals surface area contributed by atoms with Crippen LogP contribution >= 0.6 is 0 Å². The number of para-hydroxylation sites is 5. The third kappa shape index (κ3) is 9.45. The molecule has 4 heteroatoms. The largest absolute Gasteiger partial charge is 0.309 e. The lowest BCUT2D eigenvalue weighted by molar-refractivity contribution is 1.18. The summed E-state index contributed by atoms with van der Waals surface area (Å²) < 4.78 is 9.69. The zero-order valence-corrected chi connectivity index (χ0v) is 54.6. The van der Waals surface area contributed by atoms with Crippen LogP contribution in [0.25, 0.3) is 188 Å². The van der Waals surface area contributed by atoms with Crippen LogP contribution in [0.5, 0.6) is 0 Å². The van der Waals surface area contributed by atoms with E-state index in [9.17, 15) is 0 Å². The number of hydrogen-bond donors (Lipinski definition) is 0. The molecule has 0 spiro atoms. The number of nitrogens with zero attached hydrogens (tertiary/aromatic N) is 4. The predicted molar refractivity (Wildman–Crippen MR) is 422 cm³/mol. The Labute approximate surface area is 578 Å². The Morgan fingerprint density at radius 1 is 0.110 bits per heavy atom. The lowest BCUT2D eigenvalue weighted by Gasteiger charge is -2.15. The highest BCUT2D eigenvalue weighted by Gasteiger charge is 2.21. The van der Waals surface area contributed by atoms with Gasteiger partial charge < -0.3 is 18.3 Å². The minimum Gasteiger partial charge on any atom is -0.309 e. The summed E-state index contributed by atoms with van der Waals surface area (Å²) in [5, 5.41) is 9.85. The van der Waals surface area contributed by atoms with Crippen LogP contribution in [0.3, 0.4) is 0 Å². The molecular weight excluding hydrogens is 1210 g/mol. The number of benzene rings is 16. The van der Waals surface area contributed by atoms with Crippen molar-refractivity contribution in [2.45, 2.75) is 0 Å². The van der Waals surface area contributed by atoms with Crippen molar-refractivity contribution in [3.05, 3.63) is 376 Å². The number of fused-ring (bicyclic) bond motifs is 12. The fourth-order valence-corrected chi connectivity index (χ4v) is 16.0. The maximum Gasteiger partial charge on any atom is 0.0541 e. The summed E-state index contributed by atoms with van der Waals surface area (Å²) in [6.45, 7) is 0. The van der Waals surface area contributed by atoms with E-state index in [1.54, 1.807) is 0 Å². The summed E-state index contributed by atoms with van der Waals surface area (Å²) in [6, 6.07) is 139. The van der Waals surface area contributed by atoms with E-state index in [0.29, 0.717) is 0 Å².